The number of nitrogens with one attached hydrogen (secondary N) is 1. The third kappa shape index (κ3) is 5.32. The Morgan fingerprint density at radius 3 is 2.20 bits per heavy atom. The van der Waals surface area contributed by atoms with Crippen molar-refractivity contribution >= 4 is 21.4 Å². The van der Waals surface area contributed by atoms with Gasteiger partial charge < -0.3 is 10.1 Å². The van der Waals surface area contributed by atoms with Gasteiger partial charge in [-0.25, -0.2) is 8.42 Å². The Labute approximate surface area is 148 Å². The van der Waals surface area contributed by atoms with E-state index in [1.165, 1.54) is 12.1 Å². The molecule has 1 amide bonds. The molecule has 0 saturated carbocycles. The second kappa shape index (κ2) is 7.27. The van der Waals surface area contributed by atoms with Gasteiger partial charge in [-0.05, 0) is 41.3 Å². The fourth-order valence-corrected chi connectivity index (χ4v) is 2.97. The first-order chi connectivity index (χ1) is 11.6. The van der Waals surface area contributed by atoms with Gasteiger partial charge in [-0.15, -0.1) is 0 Å². The predicted molar refractivity (Wildman–Crippen MR) is 98.8 cm³/mol. The standard InChI is InChI=1S/C19H23NO4S/c1-19(2,3)16-7-5-6-8-17(16)24-13-18(21)20-14-9-11-15(12-10-14)25(4,22)23/h5-12H,13H2,1-4H3,(H,20,21). The number of amides is 1. The molecule has 0 heterocycles. The van der Waals surface area contributed by atoms with Gasteiger partial charge in [0, 0.05) is 11.9 Å². The fraction of sp³-hybridized carbons (Fsp3) is 0.316. The highest BCUT2D eigenvalue weighted by atomic mass is 32.2. The molecule has 2 rings (SSSR count). The molecule has 134 valence electrons. The van der Waals surface area contributed by atoms with Gasteiger partial charge >= 0.3 is 0 Å². The monoisotopic (exact) mass is 361 g/mol. The van der Waals surface area contributed by atoms with Crippen molar-refractivity contribution in [3.8, 4) is 5.75 Å². The molecule has 0 unspecified atom stereocenters. The second-order valence-corrected chi connectivity index (χ2v) is 8.90. The molecular formula is C19H23NO4S. The van der Waals surface area contributed by atoms with Gasteiger partial charge in [0.05, 0.1) is 4.90 Å². The van der Waals surface area contributed by atoms with E-state index in [0.29, 0.717) is 11.4 Å². The quantitative estimate of drug-likeness (QED) is 0.886. The molecule has 0 aliphatic carbocycles. The first-order valence-corrected chi connectivity index (χ1v) is 9.79. The molecular weight excluding hydrogens is 338 g/mol. The van der Waals surface area contributed by atoms with Gasteiger partial charge in [-0.2, -0.15) is 0 Å². The van der Waals surface area contributed by atoms with Crippen LogP contribution < -0.4 is 10.1 Å². The summed E-state index contributed by atoms with van der Waals surface area (Å²) in [5.74, 6) is 0.369. The zero-order chi connectivity index (χ0) is 18.7. The number of hydrogen-bond donors (Lipinski definition) is 1. The van der Waals surface area contributed by atoms with Crippen LogP contribution in [0.25, 0.3) is 0 Å². The Balaban J connectivity index is 2.00. The Hall–Kier alpha value is -2.34. The van der Waals surface area contributed by atoms with Crippen LogP contribution >= 0.6 is 0 Å². The largest absolute Gasteiger partial charge is 0.483 e. The summed E-state index contributed by atoms with van der Waals surface area (Å²) >= 11 is 0. The topological polar surface area (TPSA) is 72.5 Å². The van der Waals surface area contributed by atoms with E-state index in [-0.39, 0.29) is 22.8 Å². The van der Waals surface area contributed by atoms with Crippen molar-refractivity contribution in [1.82, 2.24) is 0 Å². The van der Waals surface area contributed by atoms with Crippen LogP contribution in [0.1, 0.15) is 26.3 Å². The summed E-state index contributed by atoms with van der Waals surface area (Å²) in [5, 5.41) is 2.69. The van der Waals surface area contributed by atoms with Gasteiger partial charge in [0.2, 0.25) is 0 Å². The molecule has 0 aliphatic heterocycles. The van der Waals surface area contributed by atoms with E-state index in [4.69, 9.17) is 4.74 Å². The van der Waals surface area contributed by atoms with Crippen LogP contribution in [0.4, 0.5) is 5.69 Å². The Morgan fingerprint density at radius 1 is 1.04 bits per heavy atom. The molecule has 0 atom stereocenters. The number of ether oxygens (including phenoxy) is 1. The average molecular weight is 361 g/mol. The lowest BCUT2D eigenvalue weighted by atomic mass is 9.86. The maximum Gasteiger partial charge on any atom is 0.262 e. The SMILES string of the molecule is CC(C)(C)c1ccccc1OCC(=O)Nc1ccc(S(C)(=O)=O)cc1. The molecule has 0 spiro atoms. The minimum Gasteiger partial charge on any atom is -0.483 e. The molecule has 0 bridgehead atoms. The van der Waals surface area contributed by atoms with Gasteiger partial charge in [0.1, 0.15) is 5.75 Å². The summed E-state index contributed by atoms with van der Waals surface area (Å²) in [7, 11) is -3.25. The number of carbonyl (C=O) groups excluding carboxylic acids is 1. The molecule has 5 nitrogen and oxygen atoms in total. The maximum atomic E-state index is 12.1. The number of rotatable bonds is 5. The highest BCUT2D eigenvalue weighted by Crippen LogP contribution is 2.30. The molecule has 6 heteroatoms. The van der Waals surface area contributed by atoms with E-state index in [1.54, 1.807) is 12.1 Å². The van der Waals surface area contributed by atoms with E-state index in [0.717, 1.165) is 11.8 Å². The van der Waals surface area contributed by atoms with Crippen molar-refractivity contribution in [1.29, 1.82) is 0 Å². The first-order valence-electron chi connectivity index (χ1n) is 7.89. The van der Waals surface area contributed by atoms with E-state index in [9.17, 15) is 13.2 Å². The predicted octanol–water partition coefficient (Wildman–Crippen LogP) is 3.41. The van der Waals surface area contributed by atoms with Gasteiger partial charge in [0.15, 0.2) is 16.4 Å². The van der Waals surface area contributed by atoms with Crippen LogP contribution in [0, 0.1) is 0 Å². The van der Waals surface area contributed by atoms with Crippen molar-refractivity contribution in [3.05, 3.63) is 54.1 Å². The van der Waals surface area contributed by atoms with Crippen molar-refractivity contribution in [2.24, 2.45) is 0 Å². The molecule has 0 fully saturated rings. The average Bonchev–Trinajstić information content (AvgIpc) is 2.52. The summed E-state index contributed by atoms with van der Waals surface area (Å²) < 4.78 is 28.5. The van der Waals surface area contributed by atoms with E-state index in [1.807, 2.05) is 24.3 Å². The van der Waals surface area contributed by atoms with E-state index >= 15 is 0 Å². The molecule has 0 aliphatic rings. The molecule has 0 aromatic heterocycles. The molecule has 1 N–H and O–H groups in total. The molecule has 25 heavy (non-hydrogen) atoms. The number of carbonyl (C=O) groups is 1. The number of benzene rings is 2. The Morgan fingerprint density at radius 2 is 1.64 bits per heavy atom. The van der Waals surface area contributed by atoms with Crippen molar-refractivity contribution in [2.45, 2.75) is 31.1 Å². The van der Waals surface area contributed by atoms with E-state index < -0.39 is 9.84 Å². The fourth-order valence-electron chi connectivity index (χ4n) is 2.34. The molecule has 0 radical (unpaired) electrons. The second-order valence-electron chi connectivity index (χ2n) is 6.88. The summed E-state index contributed by atoms with van der Waals surface area (Å²) in [6.07, 6.45) is 1.14. The summed E-state index contributed by atoms with van der Waals surface area (Å²) in [6.45, 7) is 6.12. The molecule has 0 saturated heterocycles. The van der Waals surface area contributed by atoms with Crippen molar-refractivity contribution in [3.63, 3.8) is 0 Å². The van der Waals surface area contributed by atoms with Crippen LogP contribution in [-0.2, 0) is 20.0 Å². The Bertz CT molecular complexity index is 850. The highest BCUT2D eigenvalue weighted by Gasteiger charge is 2.19. The molecule has 2 aromatic carbocycles. The van der Waals surface area contributed by atoms with Gasteiger partial charge in [-0.3, -0.25) is 4.79 Å². The highest BCUT2D eigenvalue weighted by molar-refractivity contribution is 7.90. The minimum absolute atomic E-state index is 0.0887. The number of sulfone groups is 1. The zero-order valence-electron chi connectivity index (χ0n) is 14.9. The number of para-hydroxylation sites is 1. The zero-order valence-corrected chi connectivity index (χ0v) is 15.7. The lowest BCUT2D eigenvalue weighted by Gasteiger charge is -2.22. The minimum atomic E-state index is -3.25. The van der Waals surface area contributed by atoms with Gasteiger partial charge in [0.25, 0.3) is 5.91 Å². The van der Waals surface area contributed by atoms with Crippen molar-refractivity contribution in [2.75, 3.05) is 18.2 Å². The maximum absolute atomic E-state index is 12.1. The van der Waals surface area contributed by atoms with Crippen LogP contribution in [0.2, 0.25) is 0 Å². The number of hydrogen-bond acceptors (Lipinski definition) is 4. The first kappa shape index (κ1) is 19.0. The number of anilines is 1. The summed E-state index contributed by atoms with van der Waals surface area (Å²) in [4.78, 5) is 12.3. The van der Waals surface area contributed by atoms with Crippen molar-refractivity contribution < 1.29 is 17.9 Å². The van der Waals surface area contributed by atoms with Crippen LogP contribution in [-0.4, -0.2) is 27.2 Å². The Kier molecular flexibility index (Phi) is 5.52. The van der Waals surface area contributed by atoms with Gasteiger partial charge in [-0.1, -0.05) is 39.0 Å². The summed E-state index contributed by atoms with van der Waals surface area (Å²) in [6, 6.07) is 13.7. The summed E-state index contributed by atoms with van der Waals surface area (Å²) in [5.41, 5.74) is 1.46. The third-order valence-corrected chi connectivity index (χ3v) is 4.75. The molecule has 2 aromatic rings. The lowest BCUT2D eigenvalue weighted by Crippen LogP contribution is -2.22. The lowest BCUT2D eigenvalue weighted by molar-refractivity contribution is -0.118. The van der Waals surface area contributed by atoms with Crippen LogP contribution in [0.15, 0.2) is 53.4 Å². The normalized spacial score (nSPS) is 11.8. The third-order valence-electron chi connectivity index (χ3n) is 3.62. The smallest absolute Gasteiger partial charge is 0.262 e. The van der Waals surface area contributed by atoms with Crippen LogP contribution in [0.5, 0.6) is 5.75 Å². The van der Waals surface area contributed by atoms with E-state index in [2.05, 4.69) is 26.1 Å². The van der Waals surface area contributed by atoms with Crippen LogP contribution in [0.3, 0.4) is 0 Å².